The summed E-state index contributed by atoms with van der Waals surface area (Å²) >= 11 is 1.72. The zero-order valence-electron chi connectivity index (χ0n) is 10.7. The Balaban J connectivity index is 1.92. The summed E-state index contributed by atoms with van der Waals surface area (Å²) in [6.45, 7) is 6.32. The fourth-order valence-electron chi connectivity index (χ4n) is 2.50. The van der Waals surface area contributed by atoms with Crippen molar-refractivity contribution < 1.29 is 0 Å². The van der Waals surface area contributed by atoms with Gasteiger partial charge >= 0.3 is 0 Å². The van der Waals surface area contributed by atoms with Gasteiger partial charge in [-0.05, 0) is 31.0 Å². The minimum absolute atomic E-state index is 0.0420. The van der Waals surface area contributed by atoms with Gasteiger partial charge < -0.3 is 5.73 Å². The van der Waals surface area contributed by atoms with Crippen LogP contribution in [-0.2, 0) is 18.6 Å². The average Bonchev–Trinajstić information content (AvgIpc) is 2.99. The van der Waals surface area contributed by atoms with Gasteiger partial charge in [0.2, 0.25) is 0 Å². The number of benzene rings is 1. The smallest absolute Gasteiger partial charge is 0.112 e. The van der Waals surface area contributed by atoms with E-state index in [1.54, 1.807) is 11.3 Å². The van der Waals surface area contributed by atoms with Crippen LogP contribution >= 0.6 is 11.3 Å². The van der Waals surface area contributed by atoms with Gasteiger partial charge in [-0.3, -0.25) is 4.90 Å². The summed E-state index contributed by atoms with van der Waals surface area (Å²) < 4.78 is 0. The molecule has 0 saturated heterocycles. The number of anilines is 1. The number of rotatable bonds is 2. The Hall–Kier alpha value is -1.39. The van der Waals surface area contributed by atoms with E-state index < -0.39 is 0 Å². The van der Waals surface area contributed by atoms with E-state index in [-0.39, 0.29) is 5.54 Å². The van der Waals surface area contributed by atoms with Crippen LogP contribution < -0.4 is 5.73 Å². The molecule has 94 valence electrons. The van der Waals surface area contributed by atoms with E-state index in [0.717, 1.165) is 23.8 Å². The number of aromatic nitrogens is 1. The van der Waals surface area contributed by atoms with Gasteiger partial charge in [-0.1, -0.05) is 12.1 Å². The third kappa shape index (κ3) is 1.72. The fraction of sp³-hybridized carbons (Fsp3) is 0.357. The van der Waals surface area contributed by atoms with Crippen molar-refractivity contribution in [3.05, 3.63) is 45.9 Å². The Morgan fingerprint density at radius 2 is 2.17 bits per heavy atom. The van der Waals surface area contributed by atoms with Crippen molar-refractivity contribution in [2.75, 3.05) is 5.73 Å². The van der Waals surface area contributed by atoms with Crippen LogP contribution in [0.2, 0.25) is 0 Å². The molecule has 0 radical (unpaired) electrons. The molecule has 1 aliphatic rings. The van der Waals surface area contributed by atoms with Crippen LogP contribution in [0.4, 0.5) is 5.69 Å². The molecule has 2 aromatic rings. The van der Waals surface area contributed by atoms with Crippen molar-refractivity contribution in [3.63, 3.8) is 0 Å². The van der Waals surface area contributed by atoms with Crippen molar-refractivity contribution in [1.82, 2.24) is 9.88 Å². The largest absolute Gasteiger partial charge is 0.398 e. The monoisotopic (exact) mass is 259 g/mol. The fourth-order valence-corrected chi connectivity index (χ4v) is 3.29. The highest BCUT2D eigenvalue weighted by atomic mass is 32.1. The molecular weight excluding hydrogens is 242 g/mol. The van der Waals surface area contributed by atoms with Crippen LogP contribution in [-0.4, -0.2) is 9.88 Å². The van der Waals surface area contributed by atoms with Crippen LogP contribution in [0.5, 0.6) is 0 Å². The maximum absolute atomic E-state index is 6.06. The first-order valence-electron chi connectivity index (χ1n) is 6.10. The number of hydrogen-bond acceptors (Lipinski definition) is 4. The second-order valence-electron chi connectivity index (χ2n) is 5.24. The molecule has 0 unspecified atom stereocenters. The maximum atomic E-state index is 6.06. The number of nitrogen functional groups attached to an aromatic ring is 1. The number of hydrogen-bond donors (Lipinski definition) is 1. The molecule has 0 saturated carbocycles. The van der Waals surface area contributed by atoms with E-state index in [9.17, 15) is 0 Å². The topological polar surface area (TPSA) is 42.2 Å². The van der Waals surface area contributed by atoms with Crippen LogP contribution in [0, 0.1) is 0 Å². The first kappa shape index (κ1) is 11.7. The molecule has 0 spiro atoms. The molecule has 1 aromatic heterocycles. The third-order valence-electron chi connectivity index (χ3n) is 3.77. The van der Waals surface area contributed by atoms with Gasteiger partial charge in [0, 0.05) is 30.4 Å². The average molecular weight is 259 g/mol. The van der Waals surface area contributed by atoms with Crippen molar-refractivity contribution in [1.29, 1.82) is 0 Å². The lowest BCUT2D eigenvalue weighted by atomic mass is 10.0. The second-order valence-corrected chi connectivity index (χ2v) is 6.13. The van der Waals surface area contributed by atoms with Gasteiger partial charge in [-0.15, -0.1) is 11.3 Å². The molecule has 2 N–H and O–H groups in total. The molecule has 2 heterocycles. The minimum atomic E-state index is -0.0420. The molecule has 1 aliphatic heterocycles. The van der Waals surface area contributed by atoms with Crippen LogP contribution in [0.25, 0.3) is 0 Å². The minimum Gasteiger partial charge on any atom is -0.398 e. The Kier molecular flexibility index (Phi) is 2.64. The molecule has 0 aliphatic carbocycles. The van der Waals surface area contributed by atoms with Crippen LogP contribution in [0.1, 0.15) is 30.0 Å². The summed E-state index contributed by atoms with van der Waals surface area (Å²) in [6, 6.07) is 6.19. The molecule has 0 atom stereocenters. The molecule has 18 heavy (non-hydrogen) atoms. The summed E-state index contributed by atoms with van der Waals surface area (Å²) in [7, 11) is 0. The highest BCUT2D eigenvalue weighted by Crippen LogP contribution is 2.37. The Morgan fingerprint density at radius 3 is 2.83 bits per heavy atom. The van der Waals surface area contributed by atoms with E-state index in [4.69, 9.17) is 5.73 Å². The SMILES string of the molecule is CC(C)(c1nccs1)N1Cc2cccc(N)c2C1. The molecule has 0 bridgehead atoms. The quantitative estimate of drug-likeness (QED) is 0.843. The van der Waals surface area contributed by atoms with Gasteiger partial charge in [0.15, 0.2) is 0 Å². The zero-order chi connectivity index (χ0) is 12.8. The molecule has 1 aromatic carbocycles. The van der Waals surface area contributed by atoms with Crippen molar-refractivity contribution in [2.45, 2.75) is 32.5 Å². The van der Waals surface area contributed by atoms with Gasteiger partial charge in [-0.2, -0.15) is 0 Å². The Morgan fingerprint density at radius 1 is 1.33 bits per heavy atom. The Bertz CT molecular complexity index is 560. The highest BCUT2D eigenvalue weighted by Gasteiger charge is 2.35. The molecule has 4 heteroatoms. The third-order valence-corrected chi connectivity index (χ3v) is 4.85. The van der Waals surface area contributed by atoms with Gasteiger partial charge in [0.1, 0.15) is 5.01 Å². The van der Waals surface area contributed by atoms with E-state index >= 15 is 0 Å². The number of thiazole rings is 1. The van der Waals surface area contributed by atoms with Crippen LogP contribution in [0.3, 0.4) is 0 Å². The normalized spacial score (nSPS) is 15.9. The predicted octanol–water partition coefficient (Wildman–Crippen LogP) is 2.98. The van der Waals surface area contributed by atoms with E-state index in [1.807, 2.05) is 23.7 Å². The van der Waals surface area contributed by atoms with Crippen LogP contribution in [0.15, 0.2) is 29.8 Å². The van der Waals surface area contributed by atoms with Crippen molar-refractivity contribution in [2.24, 2.45) is 0 Å². The standard InChI is InChI=1S/C14H17N3S/c1-14(2,13-16-6-7-18-13)17-8-10-4-3-5-12(15)11(10)9-17/h3-7H,8-9,15H2,1-2H3. The lowest BCUT2D eigenvalue weighted by molar-refractivity contribution is 0.117. The van der Waals surface area contributed by atoms with Crippen molar-refractivity contribution in [3.8, 4) is 0 Å². The first-order chi connectivity index (χ1) is 8.59. The number of nitrogens with zero attached hydrogens (tertiary/aromatic N) is 2. The van der Waals surface area contributed by atoms with E-state index in [1.165, 1.54) is 11.1 Å². The predicted molar refractivity (Wildman–Crippen MR) is 75.2 cm³/mol. The first-order valence-corrected chi connectivity index (χ1v) is 6.98. The highest BCUT2D eigenvalue weighted by molar-refractivity contribution is 7.09. The number of nitrogens with two attached hydrogens (primary N) is 1. The Labute approximate surface area is 111 Å². The van der Waals surface area contributed by atoms with E-state index in [2.05, 4.69) is 29.8 Å². The summed E-state index contributed by atoms with van der Waals surface area (Å²) in [6.07, 6.45) is 1.87. The van der Waals surface area contributed by atoms with E-state index in [0.29, 0.717) is 0 Å². The summed E-state index contributed by atoms with van der Waals surface area (Å²) in [5.74, 6) is 0. The lowest BCUT2D eigenvalue weighted by Crippen LogP contribution is -2.37. The second kappa shape index (κ2) is 4.07. The zero-order valence-corrected chi connectivity index (χ0v) is 11.5. The van der Waals surface area contributed by atoms with Crippen molar-refractivity contribution >= 4 is 17.0 Å². The van der Waals surface area contributed by atoms with Gasteiger partial charge in [0.05, 0.1) is 5.54 Å². The van der Waals surface area contributed by atoms with Gasteiger partial charge in [-0.25, -0.2) is 4.98 Å². The molecule has 3 rings (SSSR count). The summed E-state index contributed by atoms with van der Waals surface area (Å²) in [5, 5.41) is 3.20. The summed E-state index contributed by atoms with van der Waals surface area (Å²) in [4.78, 5) is 6.90. The lowest BCUT2D eigenvalue weighted by Gasteiger charge is -2.33. The molecule has 0 amide bonds. The molecule has 0 fully saturated rings. The molecule has 3 nitrogen and oxygen atoms in total. The molecular formula is C14H17N3S. The number of fused-ring (bicyclic) bond motifs is 1. The maximum Gasteiger partial charge on any atom is 0.112 e. The summed E-state index contributed by atoms with van der Waals surface area (Å²) in [5.41, 5.74) is 9.55. The van der Waals surface area contributed by atoms with Gasteiger partial charge in [0.25, 0.3) is 0 Å².